The number of phenolic OH excluding ortho intramolecular Hbond substituents is 1. The molecule has 1 aromatic carbocycles. The van der Waals surface area contributed by atoms with Gasteiger partial charge in [0, 0.05) is 6.07 Å². The fraction of sp³-hybridized carbons (Fsp3) is 0.250. The third-order valence-corrected chi connectivity index (χ3v) is 1.79. The van der Waals surface area contributed by atoms with Crippen LogP contribution in [0.4, 0.5) is 10.1 Å². The number of nitro groups is 1. The predicted octanol–water partition coefficient (Wildman–Crippen LogP) is 1.27. The Kier molecular flexibility index (Phi) is 2.98. The number of halogens is 1. The smallest absolute Gasteiger partial charge is 0.310 e. The van der Waals surface area contributed by atoms with Crippen LogP contribution in [-0.4, -0.2) is 16.7 Å². The van der Waals surface area contributed by atoms with Crippen molar-refractivity contribution in [1.82, 2.24) is 0 Å². The van der Waals surface area contributed by atoms with Crippen molar-refractivity contribution in [3.05, 3.63) is 33.9 Å². The van der Waals surface area contributed by atoms with Gasteiger partial charge >= 0.3 is 5.69 Å². The first kappa shape index (κ1) is 10.4. The van der Waals surface area contributed by atoms with Gasteiger partial charge in [-0.3, -0.25) is 10.1 Å². The molecule has 0 saturated carbocycles. The van der Waals surface area contributed by atoms with Gasteiger partial charge in [-0.05, 0) is 11.6 Å². The van der Waals surface area contributed by atoms with E-state index in [1.165, 1.54) is 6.07 Å². The van der Waals surface area contributed by atoms with Crippen molar-refractivity contribution < 1.29 is 14.4 Å². The molecule has 1 unspecified atom stereocenters. The zero-order chi connectivity index (χ0) is 10.7. The van der Waals surface area contributed by atoms with Gasteiger partial charge in [-0.2, -0.15) is 0 Å². The summed E-state index contributed by atoms with van der Waals surface area (Å²) in [6, 6.07) is 2.66. The van der Waals surface area contributed by atoms with Gasteiger partial charge < -0.3 is 10.8 Å². The highest BCUT2D eigenvalue weighted by Crippen LogP contribution is 2.28. The van der Waals surface area contributed by atoms with Gasteiger partial charge in [0.15, 0.2) is 5.75 Å². The summed E-state index contributed by atoms with van der Waals surface area (Å²) in [4.78, 5) is 9.59. The number of phenols is 1. The van der Waals surface area contributed by atoms with Gasteiger partial charge in [-0.15, -0.1) is 0 Å². The van der Waals surface area contributed by atoms with Gasteiger partial charge in [0.2, 0.25) is 0 Å². The molecule has 1 rings (SSSR count). The summed E-state index contributed by atoms with van der Waals surface area (Å²) in [7, 11) is 0. The number of alkyl halides is 1. The molecule has 0 aliphatic heterocycles. The monoisotopic (exact) mass is 200 g/mol. The Morgan fingerprint density at radius 3 is 2.71 bits per heavy atom. The second-order valence-corrected chi connectivity index (χ2v) is 2.77. The molecule has 3 N–H and O–H groups in total. The molecular weight excluding hydrogens is 191 g/mol. The van der Waals surface area contributed by atoms with Crippen LogP contribution < -0.4 is 5.73 Å². The lowest BCUT2D eigenvalue weighted by molar-refractivity contribution is -0.385. The second kappa shape index (κ2) is 4.01. The second-order valence-electron chi connectivity index (χ2n) is 2.77. The van der Waals surface area contributed by atoms with E-state index in [1.807, 2.05) is 0 Å². The van der Waals surface area contributed by atoms with E-state index in [1.54, 1.807) is 0 Å². The normalized spacial score (nSPS) is 12.4. The Labute approximate surface area is 79.1 Å². The van der Waals surface area contributed by atoms with Crippen molar-refractivity contribution in [3.63, 3.8) is 0 Å². The largest absolute Gasteiger partial charge is 0.502 e. The standard InChI is InChI=1S/C8H9FN2O3/c9-4-6(10)5-1-2-7(11(13)14)8(12)3-5/h1-3,6,12H,4,10H2. The van der Waals surface area contributed by atoms with Crippen molar-refractivity contribution >= 4 is 5.69 Å². The van der Waals surface area contributed by atoms with Crippen LogP contribution in [0.5, 0.6) is 5.75 Å². The molecule has 1 atom stereocenters. The van der Waals surface area contributed by atoms with Crippen molar-refractivity contribution in [2.75, 3.05) is 6.67 Å². The molecule has 0 saturated heterocycles. The Hall–Kier alpha value is -1.69. The summed E-state index contributed by atoms with van der Waals surface area (Å²) in [5, 5.41) is 19.5. The molecule has 0 amide bonds. The lowest BCUT2D eigenvalue weighted by Gasteiger charge is -2.07. The SMILES string of the molecule is NC(CF)c1ccc([N+](=O)[O-])c(O)c1. The van der Waals surface area contributed by atoms with Crippen molar-refractivity contribution in [1.29, 1.82) is 0 Å². The molecule has 5 nitrogen and oxygen atoms in total. The Bertz CT molecular complexity index is 356. The molecule has 6 heteroatoms. The minimum atomic E-state index is -0.860. The highest BCUT2D eigenvalue weighted by Gasteiger charge is 2.15. The lowest BCUT2D eigenvalue weighted by Crippen LogP contribution is -2.11. The summed E-state index contributed by atoms with van der Waals surface area (Å²) in [6.07, 6.45) is 0. The number of nitrogens with two attached hydrogens (primary N) is 1. The molecule has 76 valence electrons. The maximum Gasteiger partial charge on any atom is 0.310 e. The number of hydrogen-bond donors (Lipinski definition) is 2. The highest BCUT2D eigenvalue weighted by molar-refractivity contribution is 5.47. The molecule has 0 radical (unpaired) electrons. The Morgan fingerprint density at radius 2 is 2.29 bits per heavy atom. The average Bonchev–Trinajstić information content (AvgIpc) is 2.15. The lowest BCUT2D eigenvalue weighted by atomic mass is 10.1. The van der Waals surface area contributed by atoms with Crippen LogP contribution in [-0.2, 0) is 0 Å². The van der Waals surface area contributed by atoms with E-state index in [0.29, 0.717) is 5.56 Å². The van der Waals surface area contributed by atoms with Crippen LogP contribution in [0.3, 0.4) is 0 Å². The molecular formula is C8H9FN2O3. The number of rotatable bonds is 3. The van der Waals surface area contributed by atoms with Gasteiger partial charge in [0.05, 0.1) is 11.0 Å². The zero-order valence-corrected chi connectivity index (χ0v) is 7.18. The first-order chi connectivity index (χ1) is 6.56. The van der Waals surface area contributed by atoms with Gasteiger partial charge in [-0.25, -0.2) is 4.39 Å². The van der Waals surface area contributed by atoms with E-state index >= 15 is 0 Å². The molecule has 0 heterocycles. The molecule has 0 bridgehead atoms. The molecule has 0 aliphatic rings. The quantitative estimate of drug-likeness (QED) is 0.567. The summed E-state index contributed by atoms with van der Waals surface area (Å²) in [6.45, 7) is -0.781. The number of benzene rings is 1. The molecule has 14 heavy (non-hydrogen) atoms. The van der Waals surface area contributed by atoms with E-state index in [0.717, 1.165) is 12.1 Å². The number of nitro benzene ring substituents is 1. The van der Waals surface area contributed by atoms with Crippen molar-refractivity contribution in [2.24, 2.45) is 5.73 Å². The van der Waals surface area contributed by atoms with Gasteiger partial charge in [-0.1, -0.05) is 6.07 Å². The number of aromatic hydroxyl groups is 1. The average molecular weight is 200 g/mol. The first-order valence-corrected chi connectivity index (χ1v) is 3.85. The van der Waals surface area contributed by atoms with Crippen LogP contribution in [0.1, 0.15) is 11.6 Å². The number of nitrogens with zero attached hydrogens (tertiary/aromatic N) is 1. The maximum atomic E-state index is 12.1. The molecule has 0 aromatic heterocycles. The molecule has 1 aromatic rings. The zero-order valence-electron chi connectivity index (χ0n) is 7.18. The van der Waals surface area contributed by atoms with Crippen molar-refractivity contribution in [3.8, 4) is 5.75 Å². The third-order valence-electron chi connectivity index (χ3n) is 1.79. The summed E-state index contributed by atoms with van der Waals surface area (Å²) in [5.74, 6) is -0.503. The Balaban J connectivity index is 3.06. The van der Waals surface area contributed by atoms with Gasteiger partial charge in [0.25, 0.3) is 0 Å². The van der Waals surface area contributed by atoms with E-state index in [-0.39, 0.29) is 0 Å². The van der Waals surface area contributed by atoms with Crippen LogP contribution in [0.2, 0.25) is 0 Å². The third kappa shape index (κ3) is 1.97. The van der Waals surface area contributed by atoms with Crippen molar-refractivity contribution in [2.45, 2.75) is 6.04 Å². The van der Waals surface area contributed by atoms with E-state index in [9.17, 15) is 19.6 Å². The van der Waals surface area contributed by atoms with Crippen LogP contribution >= 0.6 is 0 Å². The molecule has 0 aliphatic carbocycles. The fourth-order valence-electron chi connectivity index (χ4n) is 1.01. The van der Waals surface area contributed by atoms with Crippen LogP contribution in [0.25, 0.3) is 0 Å². The predicted molar refractivity (Wildman–Crippen MR) is 47.7 cm³/mol. The molecule has 0 spiro atoms. The topological polar surface area (TPSA) is 89.4 Å². The van der Waals surface area contributed by atoms with Crippen LogP contribution in [0.15, 0.2) is 18.2 Å². The minimum absolute atomic E-state index is 0.329. The first-order valence-electron chi connectivity index (χ1n) is 3.85. The van der Waals surface area contributed by atoms with Crippen LogP contribution in [0, 0.1) is 10.1 Å². The Morgan fingerprint density at radius 1 is 1.64 bits per heavy atom. The highest BCUT2D eigenvalue weighted by atomic mass is 19.1. The van der Waals surface area contributed by atoms with E-state index < -0.39 is 29.1 Å². The fourth-order valence-corrected chi connectivity index (χ4v) is 1.01. The summed E-state index contributed by atoms with van der Waals surface area (Å²) < 4.78 is 12.1. The van der Waals surface area contributed by atoms with E-state index in [4.69, 9.17) is 5.73 Å². The molecule has 0 fully saturated rings. The van der Waals surface area contributed by atoms with Gasteiger partial charge in [0.1, 0.15) is 6.67 Å². The summed E-state index contributed by atoms with van der Waals surface area (Å²) >= 11 is 0. The maximum absolute atomic E-state index is 12.1. The minimum Gasteiger partial charge on any atom is -0.502 e. The summed E-state index contributed by atoms with van der Waals surface area (Å²) in [5.41, 5.74) is 5.25. The van der Waals surface area contributed by atoms with E-state index in [2.05, 4.69) is 0 Å². The number of hydrogen-bond acceptors (Lipinski definition) is 4.